The molecule has 2 aromatic carbocycles. The van der Waals surface area contributed by atoms with Gasteiger partial charge in [0.2, 0.25) is 11.9 Å². The second-order valence-corrected chi connectivity index (χ2v) is 7.30. The van der Waals surface area contributed by atoms with Crippen LogP contribution >= 0.6 is 0 Å². The molecular weight excluding hydrogens is 378 g/mol. The predicted molar refractivity (Wildman–Crippen MR) is 118 cm³/mol. The van der Waals surface area contributed by atoms with E-state index >= 15 is 0 Å². The number of methoxy groups -OCH3 is 1. The van der Waals surface area contributed by atoms with Gasteiger partial charge in [0.25, 0.3) is 0 Å². The number of nitrogens with zero attached hydrogens (tertiary/aromatic N) is 3. The van der Waals surface area contributed by atoms with Crippen LogP contribution in [0.15, 0.2) is 60.8 Å². The number of carbonyl (C=O) groups excluding carboxylic acids is 1. The molecule has 1 fully saturated rings. The Balaban J connectivity index is 1.44. The molecule has 7 heteroatoms. The first kappa shape index (κ1) is 19.7. The van der Waals surface area contributed by atoms with Gasteiger partial charge in [-0.15, -0.1) is 0 Å². The van der Waals surface area contributed by atoms with Crippen molar-refractivity contribution in [1.29, 1.82) is 0 Å². The Hall–Kier alpha value is -3.61. The number of amides is 1. The van der Waals surface area contributed by atoms with Gasteiger partial charge in [0.1, 0.15) is 11.6 Å². The van der Waals surface area contributed by atoms with E-state index in [-0.39, 0.29) is 17.8 Å². The van der Waals surface area contributed by atoms with E-state index in [4.69, 9.17) is 10.5 Å². The second kappa shape index (κ2) is 8.82. The van der Waals surface area contributed by atoms with Gasteiger partial charge in [-0.1, -0.05) is 30.3 Å². The summed E-state index contributed by atoms with van der Waals surface area (Å²) in [6.45, 7) is 1.51. The number of carbonyl (C=O) groups is 1. The first-order valence-corrected chi connectivity index (χ1v) is 10.0. The zero-order valence-electron chi connectivity index (χ0n) is 16.9. The van der Waals surface area contributed by atoms with Crippen LogP contribution in [0.1, 0.15) is 12.8 Å². The van der Waals surface area contributed by atoms with E-state index in [1.54, 1.807) is 13.3 Å². The van der Waals surface area contributed by atoms with E-state index in [1.165, 1.54) is 0 Å². The normalized spacial score (nSPS) is 14.4. The monoisotopic (exact) mass is 403 g/mol. The summed E-state index contributed by atoms with van der Waals surface area (Å²) in [4.78, 5) is 23.3. The van der Waals surface area contributed by atoms with Gasteiger partial charge in [0.05, 0.1) is 7.11 Å². The van der Waals surface area contributed by atoms with Gasteiger partial charge in [-0.25, -0.2) is 4.98 Å². The molecule has 154 valence electrons. The zero-order chi connectivity index (χ0) is 20.9. The third-order valence-electron chi connectivity index (χ3n) is 5.41. The summed E-state index contributed by atoms with van der Waals surface area (Å²) in [7, 11) is 1.65. The summed E-state index contributed by atoms with van der Waals surface area (Å²) >= 11 is 0. The lowest BCUT2D eigenvalue weighted by Crippen LogP contribution is -2.38. The summed E-state index contributed by atoms with van der Waals surface area (Å²) in [5.41, 5.74) is 8.47. The fourth-order valence-corrected chi connectivity index (χ4v) is 3.78. The van der Waals surface area contributed by atoms with Crippen LogP contribution < -0.4 is 20.7 Å². The number of anilines is 3. The number of piperidine rings is 1. The van der Waals surface area contributed by atoms with E-state index in [9.17, 15) is 4.79 Å². The van der Waals surface area contributed by atoms with Crippen molar-refractivity contribution in [3.05, 3.63) is 60.8 Å². The summed E-state index contributed by atoms with van der Waals surface area (Å²) in [5, 5.41) is 3.14. The van der Waals surface area contributed by atoms with Gasteiger partial charge in [-0.2, -0.15) is 4.98 Å². The van der Waals surface area contributed by atoms with Crippen LogP contribution in [0.3, 0.4) is 0 Å². The molecule has 0 aliphatic carbocycles. The minimum absolute atomic E-state index is 0.0428. The maximum atomic E-state index is 13.0. The van der Waals surface area contributed by atoms with Crippen LogP contribution in [0.5, 0.6) is 5.75 Å². The lowest BCUT2D eigenvalue weighted by molar-refractivity contribution is -0.120. The van der Waals surface area contributed by atoms with Crippen LogP contribution in [-0.4, -0.2) is 36.1 Å². The number of ether oxygens (including phenoxy) is 1. The molecule has 0 unspecified atom stereocenters. The predicted octanol–water partition coefficient (Wildman–Crippen LogP) is 3.59. The van der Waals surface area contributed by atoms with Gasteiger partial charge in [-0.05, 0) is 42.7 Å². The molecule has 1 aromatic heterocycles. The molecule has 0 atom stereocenters. The maximum Gasteiger partial charge on any atom is 0.227 e. The molecule has 4 rings (SSSR count). The van der Waals surface area contributed by atoms with Crippen molar-refractivity contribution in [2.24, 2.45) is 5.92 Å². The number of hydrogen-bond acceptors (Lipinski definition) is 6. The number of para-hydroxylation sites is 1. The molecule has 2 heterocycles. The van der Waals surface area contributed by atoms with Crippen molar-refractivity contribution in [1.82, 2.24) is 9.97 Å². The molecule has 1 aliphatic rings. The molecule has 1 saturated heterocycles. The van der Waals surface area contributed by atoms with Crippen molar-refractivity contribution >= 4 is 23.4 Å². The second-order valence-electron chi connectivity index (χ2n) is 7.30. The van der Waals surface area contributed by atoms with Gasteiger partial charge < -0.3 is 20.7 Å². The van der Waals surface area contributed by atoms with E-state index in [0.29, 0.717) is 0 Å². The van der Waals surface area contributed by atoms with Crippen LogP contribution in [0, 0.1) is 5.92 Å². The standard InChI is InChI=1S/C23H25N5O2/c1-30-18-6-4-5-17(15-18)19-7-2-3-8-20(19)26-22(29)16-10-13-28(14-11-16)21-9-12-25-23(24)27-21/h2-9,12,15-16H,10-11,13-14H2,1H3,(H,26,29)(H2,24,25,27). The molecule has 30 heavy (non-hydrogen) atoms. The van der Waals surface area contributed by atoms with E-state index in [2.05, 4.69) is 20.2 Å². The molecule has 1 amide bonds. The Morgan fingerprint density at radius 2 is 1.93 bits per heavy atom. The highest BCUT2D eigenvalue weighted by molar-refractivity contribution is 5.97. The summed E-state index contributed by atoms with van der Waals surface area (Å²) < 4.78 is 5.34. The highest BCUT2D eigenvalue weighted by Crippen LogP contribution is 2.31. The van der Waals surface area contributed by atoms with Crippen LogP contribution in [0.25, 0.3) is 11.1 Å². The maximum absolute atomic E-state index is 13.0. The average molecular weight is 403 g/mol. The highest BCUT2D eigenvalue weighted by Gasteiger charge is 2.26. The Labute approximate surface area is 175 Å². The minimum Gasteiger partial charge on any atom is -0.497 e. The molecule has 3 N–H and O–H groups in total. The molecule has 3 aromatic rings. The van der Waals surface area contributed by atoms with Crippen molar-refractivity contribution in [2.75, 3.05) is 36.1 Å². The zero-order valence-corrected chi connectivity index (χ0v) is 16.9. The molecule has 0 radical (unpaired) electrons. The SMILES string of the molecule is COc1cccc(-c2ccccc2NC(=O)C2CCN(c3ccnc(N)n3)CC2)c1. The number of nitrogen functional groups attached to an aromatic ring is 1. The first-order chi connectivity index (χ1) is 14.6. The lowest BCUT2D eigenvalue weighted by atomic mass is 9.95. The minimum atomic E-state index is -0.0428. The number of nitrogens with two attached hydrogens (primary N) is 1. The Morgan fingerprint density at radius 1 is 1.13 bits per heavy atom. The van der Waals surface area contributed by atoms with Crippen molar-refractivity contribution < 1.29 is 9.53 Å². The van der Waals surface area contributed by atoms with Gasteiger partial charge >= 0.3 is 0 Å². The third-order valence-corrected chi connectivity index (χ3v) is 5.41. The Morgan fingerprint density at radius 3 is 2.70 bits per heavy atom. The van der Waals surface area contributed by atoms with Crippen LogP contribution in [0.2, 0.25) is 0 Å². The number of hydrogen-bond donors (Lipinski definition) is 2. The molecule has 0 bridgehead atoms. The molecule has 7 nitrogen and oxygen atoms in total. The van der Waals surface area contributed by atoms with Crippen molar-refractivity contribution in [2.45, 2.75) is 12.8 Å². The van der Waals surface area contributed by atoms with Gasteiger partial charge in [-0.3, -0.25) is 4.79 Å². The lowest BCUT2D eigenvalue weighted by Gasteiger charge is -2.32. The number of nitrogens with one attached hydrogen (secondary N) is 1. The first-order valence-electron chi connectivity index (χ1n) is 10.0. The largest absolute Gasteiger partial charge is 0.497 e. The van der Waals surface area contributed by atoms with Gasteiger partial charge in [0, 0.05) is 36.5 Å². The number of aromatic nitrogens is 2. The van der Waals surface area contributed by atoms with Crippen molar-refractivity contribution in [3.8, 4) is 16.9 Å². The Kier molecular flexibility index (Phi) is 5.79. The third kappa shape index (κ3) is 4.35. The van der Waals surface area contributed by atoms with E-state index in [1.807, 2.05) is 54.6 Å². The summed E-state index contributed by atoms with van der Waals surface area (Å²) in [6.07, 6.45) is 3.18. The smallest absolute Gasteiger partial charge is 0.227 e. The van der Waals surface area contributed by atoms with Crippen LogP contribution in [-0.2, 0) is 4.79 Å². The topological polar surface area (TPSA) is 93.4 Å². The quantitative estimate of drug-likeness (QED) is 0.676. The fraction of sp³-hybridized carbons (Fsp3) is 0.261. The fourth-order valence-electron chi connectivity index (χ4n) is 3.78. The highest BCUT2D eigenvalue weighted by atomic mass is 16.5. The van der Waals surface area contributed by atoms with E-state index in [0.717, 1.165) is 54.3 Å². The number of rotatable bonds is 5. The number of benzene rings is 2. The summed E-state index contributed by atoms with van der Waals surface area (Å²) in [5.74, 6) is 1.86. The molecular formula is C23H25N5O2. The van der Waals surface area contributed by atoms with E-state index < -0.39 is 0 Å². The van der Waals surface area contributed by atoms with Crippen LogP contribution in [0.4, 0.5) is 17.5 Å². The average Bonchev–Trinajstić information content (AvgIpc) is 2.79. The molecule has 0 spiro atoms. The Bertz CT molecular complexity index is 1030. The molecule has 0 saturated carbocycles. The summed E-state index contributed by atoms with van der Waals surface area (Å²) in [6, 6.07) is 17.5. The van der Waals surface area contributed by atoms with Gasteiger partial charge in [0.15, 0.2) is 0 Å². The van der Waals surface area contributed by atoms with Crippen molar-refractivity contribution in [3.63, 3.8) is 0 Å². The molecule has 1 aliphatic heterocycles.